The van der Waals surface area contributed by atoms with E-state index in [0.29, 0.717) is 5.75 Å². The van der Waals surface area contributed by atoms with Gasteiger partial charge in [-0.3, -0.25) is 4.79 Å². The highest BCUT2D eigenvalue weighted by Crippen LogP contribution is 2.30. The molecule has 1 aromatic heterocycles. The van der Waals surface area contributed by atoms with Gasteiger partial charge in [-0.15, -0.1) is 11.8 Å². The average molecular weight is 480 g/mol. The fraction of sp³-hybridized carbons (Fsp3) is 0.231. The van der Waals surface area contributed by atoms with E-state index in [1.54, 1.807) is 34.8 Å². The van der Waals surface area contributed by atoms with Gasteiger partial charge in [0.2, 0.25) is 5.91 Å². The average Bonchev–Trinajstić information content (AvgIpc) is 3.26. The maximum atomic E-state index is 13.3. The summed E-state index contributed by atoms with van der Waals surface area (Å²) >= 11 is 1.66. The lowest BCUT2D eigenvalue weighted by atomic mass is 10.0. The summed E-state index contributed by atoms with van der Waals surface area (Å²) in [6, 6.07) is 19.7. The summed E-state index contributed by atoms with van der Waals surface area (Å²) < 4.78 is 26.4. The molecule has 0 radical (unpaired) electrons. The number of benzene rings is 3. The van der Waals surface area contributed by atoms with Gasteiger partial charge in [-0.25, -0.2) is 9.07 Å². The molecule has 0 bridgehead atoms. The minimum Gasteiger partial charge on any atom is -0.484 e. The number of carbonyl (C=O) groups excluding carboxylic acids is 1. The summed E-state index contributed by atoms with van der Waals surface area (Å²) in [6.07, 6.45) is 3.36. The summed E-state index contributed by atoms with van der Waals surface area (Å²) in [7, 11) is 1.49. The maximum Gasteiger partial charge on any atom is 0.246 e. The third kappa shape index (κ3) is 5.40. The van der Waals surface area contributed by atoms with Crippen molar-refractivity contribution in [2.45, 2.75) is 24.0 Å². The first-order valence-corrected chi connectivity index (χ1v) is 12.0. The molecular weight excluding hydrogens is 453 g/mol. The Morgan fingerprint density at radius 1 is 1.12 bits per heavy atom. The largest absolute Gasteiger partial charge is 0.484 e. The van der Waals surface area contributed by atoms with E-state index in [2.05, 4.69) is 10.4 Å². The first kappa shape index (κ1) is 23.8. The number of amides is 1. The number of hydrogen-bond donors (Lipinski definition) is 1. The molecule has 176 valence electrons. The van der Waals surface area contributed by atoms with E-state index in [-0.39, 0.29) is 24.4 Å². The van der Waals surface area contributed by atoms with Gasteiger partial charge in [0.1, 0.15) is 24.3 Å². The molecule has 0 spiro atoms. The van der Waals surface area contributed by atoms with Crippen LogP contribution in [0.3, 0.4) is 0 Å². The third-order valence-electron chi connectivity index (χ3n) is 5.44. The number of ether oxygens (including phenoxy) is 2. The highest BCUT2D eigenvalue weighted by Gasteiger charge is 2.23. The molecule has 3 aromatic carbocycles. The van der Waals surface area contributed by atoms with E-state index in [1.807, 2.05) is 55.6 Å². The summed E-state index contributed by atoms with van der Waals surface area (Å²) in [5, 5.41) is 8.29. The zero-order valence-corrected chi connectivity index (χ0v) is 20.0. The van der Waals surface area contributed by atoms with Crippen LogP contribution in [0.25, 0.3) is 16.6 Å². The number of rotatable bonds is 9. The first-order chi connectivity index (χ1) is 16.5. The standard InChI is InChI=1S/C26H26FN3O3S/c1-17(29-25(31)16-32-2)26(18-4-11-23(34-3)12-5-18)33-22-10-13-24-19(14-22)15-28-30(24)21-8-6-20(27)7-9-21/h4-15,17,26H,16H2,1-3H3,(H,29,31)/t17-,26-/m0/s1. The van der Waals surface area contributed by atoms with Crippen LogP contribution in [0.15, 0.2) is 77.8 Å². The molecular formula is C26H26FN3O3S. The third-order valence-corrected chi connectivity index (χ3v) is 6.18. The number of methoxy groups -OCH3 is 1. The van der Waals surface area contributed by atoms with Gasteiger partial charge in [0.15, 0.2) is 0 Å². The number of thioether (sulfide) groups is 1. The monoisotopic (exact) mass is 479 g/mol. The molecule has 0 saturated carbocycles. The van der Waals surface area contributed by atoms with Crippen molar-refractivity contribution < 1.29 is 18.7 Å². The van der Waals surface area contributed by atoms with Crippen LogP contribution in [0.1, 0.15) is 18.6 Å². The van der Waals surface area contributed by atoms with Gasteiger partial charge in [-0.2, -0.15) is 5.10 Å². The molecule has 0 aliphatic rings. The molecule has 2 atom stereocenters. The van der Waals surface area contributed by atoms with Gasteiger partial charge < -0.3 is 14.8 Å². The highest BCUT2D eigenvalue weighted by atomic mass is 32.2. The molecule has 0 saturated heterocycles. The highest BCUT2D eigenvalue weighted by molar-refractivity contribution is 7.98. The maximum absolute atomic E-state index is 13.3. The number of aromatic nitrogens is 2. The number of halogens is 1. The fourth-order valence-electron chi connectivity index (χ4n) is 3.77. The lowest BCUT2D eigenvalue weighted by molar-refractivity contribution is -0.126. The molecule has 1 heterocycles. The van der Waals surface area contributed by atoms with Gasteiger partial charge >= 0.3 is 0 Å². The van der Waals surface area contributed by atoms with Gasteiger partial charge in [-0.1, -0.05) is 12.1 Å². The van der Waals surface area contributed by atoms with Crippen molar-refractivity contribution >= 4 is 28.6 Å². The van der Waals surface area contributed by atoms with Crippen LogP contribution in [0.5, 0.6) is 5.75 Å². The van der Waals surface area contributed by atoms with E-state index in [0.717, 1.165) is 27.0 Å². The Labute approximate surface area is 202 Å². The minimum absolute atomic E-state index is 0.0169. The molecule has 0 unspecified atom stereocenters. The number of nitrogens with one attached hydrogen (secondary N) is 1. The normalized spacial score (nSPS) is 12.9. The SMILES string of the molecule is COCC(=O)N[C@@H](C)[C@H](Oc1ccc2c(cnn2-c2ccc(F)cc2)c1)c1ccc(SC)cc1. The van der Waals surface area contributed by atoms with Crippen molar-refractivity contribution in [1.82, 2.24) is 15.1 Å². The second-order valence-corrected chi connectivity index (χ2v) is 8.73. The number of carbonyl (C=O) groups is 1. The molecule has 0 aliphatic heterocycles. The zero-order chi connectivity index (χ0) is 24.1. The Balaban J connectivity index is 1.62. The van der Waals surface area contributed by atoms with E-state index in [9.17, 15) is 9.18 Å². The Hall–Kier alpha value is -3.36. The fourth-order valence-corrected chi connectivity index (χ4v) is 4.18. The van der Waals surface area contributed by atoms with Crippen molar-refractivity contribution in [2.75, 3.05) is 20.0 Å². The molecule has 34 heavy (non-hydrogen) atoms. The Morgan fingerprint density at radius 3 is 2.53 bits per heavy atom. The Kier molecular flexibility index (Phi) is 7.49. The summed E-state index contributed by atoms with van der Waals surface area (Å²) in [4.78, 5) is 13.3. The second-order valence-electron chi connectivity index (χ2n) is 7.85. The van der Waals surface area contributed by atoms with Crippen molar-refractivity contribution in [1.29, 1.82) is 0 Å². The molecule has 4 rings (SSSR count). The summed E-state index contributed by atoms with van der Waals surface area (Å²) in [5.41, 5.74) is 2.60. The number of nitrogens with zero attached hydrogens (tertiary/aromatic N) is 2. The number of hydrogen-bond acceptors (Lipinski definition) is 5. The van der Waals surface area contributed by atoms with Crippen LogP contribution in [0.2, 0.25) is 0 Å². The van der Waals surface area contributed by atoms with Crippen LogP contribution in [0.4, 0.5) is 4.39 Å². The molecule has 1 N–H and O–H groups in total. The van der Waals surface area contributed by atoms with Gasteiger partial charge in [-0.05, 0) is 73.3 Å². The Morgan fingerprint density at radius 2 is 1.85 bits per heavy atom. The lowest BCUT2D eigenvalue weighted by Gasteiger charge is -2.26. The van der Waals surface area contributed by atoms with E-state index < -0.39 is 6.10 Å². The minimum atomic E-state index is -0.415. The summed E-state index contributed by atoms with van der Waals surface area (Å²) in [5.74, 6) is 0.150. The molecule has 0 aliphatic carbocycles. The smallest absolute Gasteiger partial charge is 0.246 e. The van der Waals surface area contributed by atoms with E-state index in [1.165, 1.54) is 19.2 Å². The second kappa shape index (κ2) is 10.7. The predicted molar refractivity (Wildman–Crippen MR) is 132 cm³/mol. The van der Waals surface area contributed by atoms with Gasteiger partial charge in [0, 0.05) is 17.4 Å². The van der Waals surface area contributed by atoms with Crippen molar-refractivity contribution in [3.8, 4) is 11.4 Å². The molecule has 8 heteroatoms. The van der Waals surface area contributed by atoms with Crippen LogP contribution >= 0.6 is 11.8 Å². The van der Waals surface area contributed by atoms with Crippen molar-refractivity contribution in [3.63, 3.8) is 0 Å². The first-order valence-electron chi connectivity index (χ1n) is 10.8. The quantitative estimate of drug-likeness (QED) is 0.336. The molecule has 6 nitrogen and oxygen atoms in total. The van der Waals surface area contributed by atoms with E-state index >= 15 is 0 Å². The van der Waals surface area contributed by atoms with Crippen molar-refractivity contribution in [3.05, 3.63) is 84.3 Å². The summed E-state index contributed by atoms with van der Waals surface area (Å²) in [6.45, 7) is 1.89. The van der Waals surface area contributed by atoms with Crippen LogP contribution in [0, 0.1) is 5.82 Å². The van der Waals surface area contributed by atoms with Crippen LogP contribution in [-0.4, -0.2) is 41.7 Å². The predicted octanol–water partition coefficient (Wildman–Crippen LogP) is 5.16. The van der Waals surface area contributed by atoms with Crippen LogP contribution in [-0.2, 0) is 9.53 Å². The number of fused-ring (bicyclic) bond motifs is 1. The van der Waals surface area contributed by atoms with Crippen LogP contribution < -0.4 is 10.1 Å². The van der Waals surface area contributed by atoms with Gasteiger partial charge in [0.05, 0.1) is 23.4 Å². The lowest BCUT2D eigenvalue weighted by Crippen LogP contribution is -2.40. The topological polar surface area (TPSA) is 65.4 Å². The Bertz CT molecular complexity index is 1260. The van der Waals surface area contributed by atoms with Crippen molar-refractivity contribution in [2.24, 2.45) is 0 Å². The molecule has 1 amide bonds. The van der Waals surface area contributed by atoms with E-state index in [4.69, 9.17) is 9.47 Å². The molecule has 4 aromatic rings. The zero-order valence-electron chi connectivity index (χ0n) is 19.2. The van der Waals surface area contributed by atoms with Gasteiger partial charge in [0.25, 0.3) is 0 Å². The molecule has 0 fully saturated rings.